The lowest BCUT2D eigenvalue weighted by Crippen LogP contribution is -2.60. The Bertz CT molecular complexity index is 1310. The van der Waals surface area contributed by atoms with E-state index in [0.29, 0.717) is 13.0 Å². The summed E-state index contributed by atoms with van der Waals surface area (Å²) in [5.41, 5.74) is 0. The number of hydrogen-bond donors (Lipinski definition) is 4. The number of aliphatic hydroxyl groups is 3. The number of allylic oxidation sites excluding steroid dienone is 6. The Balaban J connectivity index is 2.31. The van der Waals surface area contributed by atoms with Crippen LogP contribution < -0.4 is 0 Å². The second-order valence-corrected chi connectivity index (χ2v) is 19.9. The van der Waals surface area contributed by atoms with Gasteiger partial charge < -0.3 is 34.3 Å². The Labute approximate surface area is 409 Å². The van der Waals surface area contributed by atoms with Crippen molar-refractivity contribution in [2.45, 2.75) is 275 Å². The predicted molar refractivity (Wildman–Crippen MR) is 271 cm³/mol. The van der Waals surface area contributed by atoms with Crippen molar-refractivity contribution in [3.05, 3.63) is 36.5 Å². The summed E-state index contributed by atoms with van der Waals surface area (Å²) in [6, 6.07) is 0. The van der Waals surface area contributed by atoms with E-state index in [-0.39, 0.29) is 19.6 Å². The second kappa shape index (κ2) is 45.5. The van der Waals surface area contributed by atoms with Crippen LogP contribution in [0.2, 0.25) is 0 Å². The highest BCUT2D eigenvalue weighted by Gasteiger charge is 2.48. The van der Waals surface area contributed by atoms with Gasteiger partial charge in [0.2, 0.25) is 0 Å². The molecule has 1 heterocycles. The molecule has 12 nitrogen and oxygen atoms in total. The van der Waals surface area contributed by atoms with Gasteiger partial charge in [0, 0.05) is 13.0 Å². The van der Waals surface area contributed by atoms with Crippen molar-refractivity contribution in [2.24, 2.45) is 0 Å². The zero-order chi connectivity index (χ0) is 48.9. The standard InChI is InChI=1S/C54H100O12S/c1-3-5-7-9-11-13-15-17-19-20-21-22-23-24-25-26-27-28-29-31-33-35-37-39-41-43-50(56)64-48(47-63-54-52(58)53(66-67(59,60)61)51(57)49(45-55)65-54)46-62-44-42-40-38-36-34-32-30-18-16-14-12-10-8-6-4-2/h15,17,20-21,23-24,48-49,51-55,57-58H,3-14,16,18-19,22,25-47H2,1-2H3,(H,59,60,61)/b17-15-,21-20-,24-23-. The zero-order valence-electron chi connectivity index (χ0n) is 42.5. The van der Waals surface area contributed by atoms with Crippen LogP contribution in [-0.4, -0.2) is 97.5 Å². The first-order valence-electron chi connectivity index (χ1n) is 27.2. The molecule has 0 aliphatic carbocycles. The predicted octanol–water partition coefficient (Wildman–Crippen LogP) is 12.9. The molecule has 13 heteroatoms. The van der Waals surface area contributed by atoms with Gasteiger partial charge >= 0.3 is 16.4 Å². The van der Waals surface area contributed by atoms with E-state index in [9.17, 15) is 33.1 Å². The van der Waals surface area contributed by atoms with Gasteiger partial charge in [-0.2, -0.15) is 8.42 Å². The maximum absolute atomic E-state index is 12.9. The Morgan fingerprint density at radius 3 is 1.43 bits per heavy atom. The Kier molecular flexibility index (Phi) is 43.0. The summed E-state index contributed by atoms with van der Waals surface area (Å²) >= 11 is 0. The monoisotopic (exact) mass is 973 g/mol. The van der Waals surface area contributed by atoms with Gasteiger partial charge in [0.1, 0.15) is 30.5 Å². The lowest BCUT2D eigenvalue weighted by atomic mass is 9.99. The van der Waals surface area contributed by atoms with Crippen LogP contribution in [0.4, 0.5) is 0 Å². The number of aliphatic hydroxyl groups excluding tert-OH is 3. The molecule has 1 rings (SSSR count). The van der Waals surface area contributed by atoms with Crippen LogP contribution >= 0.6 is 0 Å². The lowest BCUT2D eigenvalue weighted by Gasteiger charge is -2.41. The number of carbonyl (C=O) groups excluding carboxylic acids is 1. The fraction of sp³-hybridized carbons (Fsp3) is 0.870. The fourth-order valence-electron chi connectivity index (χ4n) is 8.39. The van der Waals surface area contributed by atoms with E-state index in [0.717, 1.165) is 57.8 Å². The second-order valence-electron chi connectivity index (χ2n) is 18.8. The smallest absolute Gasteiger partial charge is 0.397 e. The molecule has 0 spiro atoms. The molecule has 0 saturated carbocycles. The van der Waals surface area contributed by atoms with Gasteiger partial charge in [0.05, 0.1) is 19.8 Å². The van der Waals surface area contributed by atoms with Crippen molar-refractivity contribution in [3.63, 3.8) is 0 Å². The molecule has 0 aromatic carbocycles. The summed E-state index contributed by atoms with van der Waals surface area (Å²) in [5, 5.41) is 30.8. The van der Waals surface area contributed by atoms with Crippen molar-refractivity contribution in [1.82, 2.24) is 0 Å². The fourth-order valence-corrected chi connectivity index (χ4v) is 8.90. The first kappa shape index (κ1) is 63.3. The van der Waals surface area contributed by atoms with E-state index in [4.69, 9.17) is 18.9 Å². The Morgan fingerprint density at radius 2 is 0.985 bits per heavy atom. The quantitative estimate of drug-likeness (QED) is 0.0197. The van der Waals surface area contributed by atoms with Crippen LogP contribution in [0.3, 0.4) is 0 Å². The molecule has 0 aromatic heterocycles. The van der Waals surface area contributed by atoms with Crippen molar-refractivity contribution in [3.8, 4) is 0 Å². The molecule has 1 aliphatic heterocycles. The normalized spacial score (nSPS) is 19.6. The highest BCUT2D eigenvalue weighted by molar-refractivity contribution is 7.80. The highest BCUT2D eigenvalue weighted by Crippen LogP contribution is 2.26. The van der Waals surface area contributed by atoms with Crippen LogP contribution in [-0.2, 0) is 38.3 Å². The Morgan fingerprint density at radius 1 is 0.567 bits per heavy atom. The highest BCUT2D eigenvalue weighted by atomic mass is 32.3. The number of carbonyl (C=O) groups is 1. The topological polar surface area (TPSA) is 178 Å². The third-order valence-electron chi connectivity index (χ3n) is 12.5. The van der Waals surface area contributed by atoms with E-state index in [1.807, 2.05) is 0 Å². The summed E-state index contributed by atoms with van der Waals surface area (Å²) in [6.45, 7) is 4.01. The molecule has 6 unspecified atom stereocenters. The van der Waals surface area contributed by atoms with E-state index >= 15 is 0 Å². The molecule has 0 radical (unpaired) electrons. The van der Waals surface area contributed by atoms with Crippen molar-refractivity contribution in [2.75, 3.05) is 26.4 Å². The number of esters is 1. The SMILES string of the molecule is CCCCCCC/C=C\C/C=C\C/C=C\CCCCCCCCCCCCC(=O)OC(COCCCCCCCCCCCCCCCCC)COC1OC(CO)C(O)C(OS(=O)(=O)O)C1O. The maximum Gasteiger partial charge on any atom is 0.397 e. The minimum absolute atomic E-state index is 0.0378. The number of ether oxygens (including phenoxy) is 4. The largest absolute Gasteiger partial charge is 0.457 e. The third kappa shape index (κ3) is 38.7. The molecule has 1 saturated heterocycles. The van der Waals surface area contributed by atoms with Crippen LogP contribution in [0.1, 0.15) is 239 Å². The van der Waals surface area contributed by atoms with Gasteiger partial charge in [-0.1, -0.05) is 217 Å². The van der Waals surface area contributed by atoms with Crippen LogP contribution in [0.15, 0.2) is 36.5 Å². The average molecular weight is 973 g/mol. The summed E-state index contributed by atoms with van der Waals surface area (Å²) in [7, 11) is -5.06. The summed E-state index contributed by atoms with van der Waals surface area (Å²) in [6.07, 6.45) is 46.0. The molecule has 1 fully saturated rings. The molecule has 394 valence electrons. The molecule has 4 N–H and O–H groups in total. The van der Waals surface area contributed by atoms with E-state index < -0.39 is 59.8 Å². The van der Waals surface area contributed by atoms with Crippen LogP contribution in [0.25, 0.3) is 0 Å². The molecule has 1 aliphatic rings. The minimum atomic E-state index is -5.06. The van der Waals surface area contributed by atoms with E-state index in [1.165, 1.54) is 154 Å². The van der Waals surface area contributed by atoms with Gasteiger partial charge in [0.25, 0.3) is 0 Å². The summed E-state index contributed by atoms with van der Waals surface area (Å²) < 4.78 is 59.3. The summed E-state index contributed by atoms with van der Waals surface area (Å²) in [5.74, 6) is -0.400. The third-order valence-corrected chi connectivity index (χ3v) is 13.0. The van der Waals surface area contributed by atoms with Gasteiger partial charge in [-0.25, -0.2) is 4.18 Å². The summed E-state index contributed by atoms with van der Waals surface area (Å²) in [4.78, 5) is 12.9. The van der Waals surface area contributed by atoms with Crippen LogP contribution in [0, 0.1) is 0 Å². The van der Waals surface area contributed by atoms with Gasteiger partial charge in [-0.05, 0) is 51.4 Å². The molecule has 0 amide bonds. The molecule has 67 heavy (non-hydrogen) atoms. The molecule has 0 bridgehead atoms. The van der Waals surface area contributed by atoms with E-state index in [1.54, 1.807) is 0 Å². The van der Waals surface area contributed by atoms with E-state index in [2.05, 4.69) is 54.5 Å². The molecular formula is C54H100O12S. The number of unbranched alkanes of at least 4 members (excludes halogenated alkanes) is 29. The zero-order valence-corrected chi connectivity index (χ0v) is 43.3. The van der Waals surface area contributed by atoms with Gasteiger partial charge in [-0.3, -0.25) is 9.35 Å². The van der Waals surface area contributed by atoms with Crippen LogP contribution in [0.5, 0.6) is 0 Å². The van der Waals surface area contributed by atoms with Crippen molar-refractivity contribution in [1.29, 1.82) is 0 Å². The molecule has 6 atom stereocenters. The maximum atomic E-state index is 12.9. The number of rotatable bonds is 48. The average Bonchev–Trinajstić information content (AvgIpc) is 3.30. The Hall–Kier alpha value is -1.68. The molecular weight excluding hydrogens is 873 g/mol. The lowest BCUT2D eigenvalue weighted by molar-refractivity contribution is -0.301. The van der Waals surface area contributed by atoms with Crippen molar-refractivity contribution < 1.29 is 56.2 Å². The van der Waals surface area contributed by atoms with Gasteiger partial charge in [0.15, 0.2) is 6.29 Å². The first-order chi connectivity index (χ1) is 32.6. The van der Waals surface area contributed by atoms with Gasteiger partial charge in [-0.15, -0.1) is 0 Å². The molecule has 0 aromatic rings. The minimum Gasteiger partial charge on any atom is -0.457 e. The number of hydrogen-bond acceptors (Lipinski definition) is 11. The van der Waals surface area contributed by atoms with Crippen molar-refractivity contribution >= 4 is 16.4 Å². The first-order valence-corrected chi connectivity index (χ1v) is 28.6.